The lowest BCUT2D eigenvalue weighted by molar-refractivity contribution is -0.137. The van der Waals surface area contributed by atoms with Gasteiger partial charge in [-0.3, -0.25) is 0 Å². The van der Waals surface area contributed by atoms with Crippen LogP contribution >= 0.6 is 0 Å². The van der Waals surface area contributed by atoms with E-state index in [4.69, 9.17) is 0 Å². The minimum Gasteiger partial charge on any atom is -0.307 e. The summed E-state index contributed by atoms with van der Waals surface area (Å²) in [5.41, 5.74) is 2.60. The summed E-state index contributed by atoms with van der Waals surface area (Å²) in [7, 11) is 0. The molecule has 0 aromatic heterocycles. The Kier molecular flexibility index (Phi) is 4.95. The van der Waals surface area contributed by atoms with E-state index >= 15 is 0 Å². The number of fused-ring (bicyclic) bond motifs is 1. The largest absolute Gasteiger partial charge is 0.416 e. The Hall–Kier alpha value is -1.81. The summed E-state index contributed by atoms with van der Waals surface area (Å²) in [5, 5.41) is 3.63. The maximum absolute atomic E-state index is 12.9. The second-order valence-electron chi connectivity index (χ2n) is 6.55. The number of benzene rings is 2. The first-order valence-corrected chi connectivity index (χ1v) is 8.43. The molecule has 1 aliphatic rings. The van der Waals surface area contributed by atoms with Gasteiger partial charge in [-0.1, -0.05) is 36.4 Å². The number of nitrogens with one attached hydrogen (secondary N) is 1. The molecule has 0 radical (unpaired) electrons. The molecule has 1 aliphatic carbocycles. The lowest BCUT2D eigenvalue weighted by Crippen LogP contribution is -2.31. The van der Waals surface area contributed by atoms with Crippen molar-refractivity contribution in [2.24, 2.45) is 0 Å². The number of hydrogen-bond donors (Lipinski definition) is 1. The van der Waals surface area contributed by atoms with Crippen LogP contribution in [0.25, 0.3) is 0 Å². The fourth-order valence-electron chi connectivity index (χ4n) is 3.44. The highest BCUT2D eigenvalue weighted by molar-refractivity contribution is 5.34. The van der Waals surface area contributed by atoms with Crippen molar-refractivity contribution in [1.29, 1.82) is 0 Å². The third-order valence-corrected chi connectivity index (χ3v) is 4.84. The summed E-state index contributed by atoms with van der Waals surface area (Å²) in [5.74, 6) is 0. The minimum absolute atomic E-state index is 0.239. The minimum atomic E-state index is -4.26. The monoisotopic (exact) mass is 333 g/mol. The predicted molar refractivity (Wildman–Crippen MR) is 89.9 cm³/mol. The summed E-state index contributed by atoms with van der Waals surface area (Å²) < 4.78 is 38.7. The van der Waals surface area contributed by atoms with Gasteiger partial charge < -0.3 is 5.32 Å². The van der Waals surface area contributed by atoms with Gasteiger partial charge in [-0.2, -0.15) is 13.2 Å². The molecule has 3 rings (SSSR count). The van der Waals surface area contributed by atoms with E-state index in [0.717, 1.165) is 30.4 Å². The fraction of sp³-hybridized carbons (Fsp3) is 0.400. The summed E-state index contributed by atoms with van der Waals surface area (Å²) in [6.45, 7) is 2.13. The highest BCUT2D eigenvalue weighted by Gasteiger charge is 2.31. The molecule has 0 amide bonds. The van der Waals surface area contributed by atoms with Crippen LogP contribution in [0.4, 0.5) is 13.2 Å². The topological polar surface area (TPSA) is 12.0 Å². The highest BCUT2D eigenvalue weighted by Crippen LogP contribution is 2.32. The lowest BCUT2D eigenvalue weighted by Gasteiger charge is -2.22. The molecule has 2 atom stereocenters. The Bertz CT molecular complexity index is 679. The Labute approximate surface area is 140 Å². The van der Waals surface area contributed by atoms with Gasteiger partial charge in [0.15, 0.2) is 0 Å². The Balaban J connectivity index is 1.67. The number of rotatable bonds is 3. The molecule has 1 N–H and O–H groups in total. The van der Waals surface area contributed by atoms with Crippen molar-refractivity contribution in [3.05, 3.63) is 70.8 Å². The number of hydrogen-bond acceptors (Lipinski definition) is 1. The van der Waals surface area contributed by atoms with E-state index in [2.05, 4.69) is 24.4 Å². The van der Waals surface area contributed by atoms with E-state index in [1.165, 1.54) is 17.7 Å². The van der Waals surface area contributed by atoms with E-state index in [-0.39, 0.29) is 6.04 Å². The van der Waals surface area contributed by atoms with Gasteiger partial charge >= 0.3 is 6.18 Å². The first kappa shape index (κ1) is 17.0. The van der Waals surface area contributed by atoms with Crippen molar-refractivity contribution < 1.29 is 13.2 Å². The molecule has 128 valence electrons. The highest BCUT2D eigenvalue weighted by atomic mass is 19.4. The molecule has 0 spiro atoms. The van der Waals surface area contributed by atoms with Crippen LogP contribution in [0.15, 0.2) is 48.5 Å². The molecule has 0 bridgehead atoms. The van der Waals surface area contributed by atoms with Gasteiger partial charge in [0.25, 0.3) is 0 Å². The molecule has 0 fully saturated rings. The molecular weight excluding hydrogens is 311 g/mol. The van der Waals surface area contributed by atoms with Crippen molar-refractivity contribution in [1.82, 2.24) is 5.32 Å². The fourth-order valence-corrected chi connectivity index (χ4v) is 3.44. The molecule has 1 unspecified atom stereocenters. The smallest absolute Gasteiger partial charge is 0.307 e. The molecule has 2 aromatic rings. The van der Waals surface area contributed by atoms with Crippen LogP contribution in [0.3, 0.4) is 0 Å². The van der Waals surface area contributed by atoms with Crippen LogP contribution in [0.1, 0.15) is 48.1 Å². The third-order valence-electron chi connectivity index (χ3n) is 4.84. The van der Waals surface area contributed by atoms with Gasteiger partial charge in [-0.25, -0.2) is 0 Å². The normalized spacial score (nSPS) is 19.4. The number of aryl methyl sites for hydroxylation is 2. The van der Waals surface area contributed by atoms with Gasteiger partial charge in [0.05, 0.1) is 5.56 Å². The molecular formula is C20H22F3N. The Morgan fingerprint density at radius 1 is 0.958 bits per heavy atom. The standard InChI is InChI=1S/C20H22F3N/c1-14(15-5-3-2-4-6-15)24-19-11-8-16-7-10-18(20(21,22)23)13-17(16)9-12-19/h2-7,10,13-14,19,24H,8-9,11-12H2,1H3/t14-,19?/m1/s1. The van der Waals surface area contributed by atoms with Gasteiger partial charge in [0.2, 0.25) is 0 Å². The molecule has 0 aliphatic heterocycles. The molecule has 0 heterocycles. The molecule has 24 heavy (non-hydrogen) atoms. The second kappa shape index (κ2) is 6.98. The van der Waals surface area contributed by atoms with Crippen LogP contribution in [0, 0.1) is 0 Å². The van der Waals surface area contributed by atoms with Crippen LogP contribution in [-0.2, 0) is 19.0 Å². The van der Waals surface area contributed by atoms with Crippen LogP contribution in [0.2, 0.25) is 0 Å². The number of alkyl halides is 3. The maximum atomic E-state index is 12.9. The van der Waals surface area contributed by atoms with Crippen molar-refractivity contribution in [2.45, 2.75) is 50.9 Å². The molecule has 0 saturated heterocycles. The zero-order valence-electron chi connectivity index (χ0n) is 13.7. The second-order valence-corrected chi connectivity index (χ2v) is 6.55. The summed E-state index contributed by atoms with van der Waals surface area (Å²) in [6, 6.07) is 15.0. The summed E-state index contributed by atoms with van der Waals surface area (Å²) >= 11 is 0. The van der Waals surface area contributed by atoms with Gasteiger partial charge in [0, 0.05) is 12.1 Å². The van der Waals surface area contributed by atoms with Gasteiger partial charge in [0.1, 0.15) is 0 Å². The quantitative estimate of drug-likeness (QED) is 0.751. The zero-order valence-corrected chi connectivity index (χ0v) is 13.7. The Morgan fingerprint density at radius 3 is 2.29 bits per heavy atom. The molecule has 4 heteroatoms. The van der Waals surface area contributed by atoms with Crippen LogP contribution in [0.5, 0.6) is 0 Å². The average Bonchev–Trinajstić information content (AvgIpc) is 2.77. The van der Waals surface area contributed by atoms with Crippen molar-refractivity contribution in [3.63, 3.8) is 0 Å². The molecule has 1 nitrogen and oxygen atoms in total. The van der Waals surface area contributed by atoms with Crippen molar-refractivity contribution in [3.8, 4) is 0 Å². The zero-order chi connectivity index (χ0) is 17.2. The predicted octanol–water partition coefficient (Wildman–Crippen LogP) is 5.30. The third kappa shape index (κ3) is 3.99. The first-order chi connectivity index (χ1) is 11.4. The van der Waals surface area contributed by atoms with Crippen LogP contribution in [-0.4, -0.2) is 6.04 Å². The van der Waals surface area contributed by atoms with E-state index in [1.807, 2.05) is 18.2 Å². The molecule has 0 saturated carbocycles. The number of halogens is 3. The van der Waals surface area contributed by atoms with E-state index in [0.29, 0.717) is 12.5 Å². The maximum Gasteiger partial charge on any atom is 0.416 e. The molecule has 2 aromatic carbocycles. The van der Waals surface area contributed by atoms with E-state index in [1.54, 1.807) is 6.07 Å². The van der Waals surface area contributed by atoms with Crippen molar-refractivity contribution in [2.75, 3.05) is 0 Å². The van der Waals surface area contributed by atoms with Crippen molar-refractivity contribution >= 4 is 0 Å². The van der Waals surface area contributed by atoms with Gasteiger partial charge in [-0.15, -0.1) is 0 Å². The van der Waals surface area contributed by atoms with Gasteiger partial charge in [-0.05, 0) is 61.4 Å². The summed E-state index contributed by atoms with van der Waals surface area (Å²) in [6.07, 6.45) is -0.924. The average molecular weight is 333 g/mol. The van der Waals surface area contributed by atoms with E-state index in [9.17, 15) is 13.2 Å². The first-order valence-electron chi connectivity index (χ1n) is 8.43. The Morgan fingerprint density at radius 2 is 1.62 bits per heavy atom. The van der Waals surface area contributed by atoms with Crippen LogP contribution < -0.4 is 5.32 Å². The SMILES string of the molecule is C[C@@H](NC1CCc2ccc(C(F)(F)F)cc2CC1)c1ccccc1. The summed E-state index contributed by atoms with van der Waals surface area (Å²) in [4.78, 5) is 0. The van der Waals surface area contributed by atoms with E-state index < -0.39 is 11.7 Å². The lowest BCUT2D eigenvalue weighted by atomic mass is 10.00.